The van der Waals surface area contributed by atoms with Crippen molar-refractivity contribution < 1.29 is 9.53 Å². The number of halogens is 2. The second-order valence-electron chi connectivity index (χ2n) is 5.04. The molecule has 0 bridgehead atoms. The molecule has 1 aliphatic heterocycles. The largest absolute Gasteiger partial charge is 0.484 e. The minimum atomic E-state index is -0.125. The summed E-state index contributed by atoms with van der Waals surface area (Å²) in [7, 11) is 0. The van der Waals surface area contributed by atoms with Gasteiger partial charge in [0.15, 0.2) is 6.61 Å². The number of nitrogens with one attached hydrogen (secondary N) is 2. The van der Waals surface area contributed by atoms with E-state index in [-0.39, 0.29) is 18.6 Å². The Morgan fingerprint density at radius 2 is 2.10 bits per heavy atom. The monoisotopic (exact) mass is 316 g/mol. The molecule has 2 N–H and O–H groups in total. The maximum atomic E-state index is 11.8. The lowest BCUT2D eigenvalue weighted by molar-refractivity contribution is -0.124. The number of rotatable bonds is 4. The molecule has 1 heterocycles. The number of benzene rings is 1. The van der Waals surface area contributed by atoms with Crippen molar-refractivity contribution in [3.8, 4) is 5.75 Å². The summed E-state index contributed by atoms with van der Waals surface area (Å²) in [6, 6.07) is 5.53. The quantitative estimate of drug-likeness (QED) is 0.897. The summed E-state index contributed by atoms with van der Waals surface area (Å²) in [5.41, 5.74) is 0. The van der Waals surface area contributed by atoms with Gasteiger partial charge in [0.1, 0.15) is 5.75 Å². The predicted octanol–water partition coefficient (Wildman–Crippen LogP) is 2.63. The topological polar surface area (TPSA) is 50.4 Å². The Morgan fingerprint density at radius 3 is 2.75 bits per heavy atom. The highest BCUT2D eigenvalue weighted by molar-refractivity contribution is 6.34. The number of hydrogen-bond acceptors (Lipinski definition) is 3. The van der Waals surface area contributed by atoms with E-state index in [4.69, 9.17) is 27.9 Å². The zero-order chi connectivity index (χ0) is 14.5. The number of hydrogen-bond donors (Lipinski definition) is 2. The van der Waals surface area contributed by atoms with Crippen molar-refractivity contribution >= 4 is 29.1 Å². The summed E-state index contributed by atoms with van der Waals surface area (Å²) in [5.74, 6) is 0.372. The predicted molar refractivity (Wildman–Crippen MR) is 80.6 cm³/mol. The Labute approximate surface area is 128 Å². The molecule has 1 saturated heterocycles. The normalized spacial score (nSPS) is 22.4. The van der Waals surface area contributed by atoms with Gasteiger partial charge >= 0.3 is 0 Å². The molecule has 2 atom stereocenters. The lowest BCUT2D eigenvalue weighted by Gasteiger charge is -2.28. The molecular weight excluding hydrogens is 299 g/mol. The fourth-order valence-corrected chi connectivity index (χ4v) is 2.80. The van der Waals surface area contributed by atoms with Crippen molar-refractivity contribution in [2.45, 2.75) is 31.8 Å². The van der Waals surface area contributed by atoms with Crippen LogP contribution >= 0.6 is 23.2 Å². The number of piperidine rings is 1. The van der Waals surface area contributed by atoms with E-state index >= 15 is 0 Å². The van der Waals surface area contributed by atoms with Gasteiger partial charge in [-0.15, -0.1) is 0 Å². The highest BCUT2D eigenvalue weighted by atomic mass is 35.5. The van der Waals surface area contributed by atoms with E-state index in [0.717, 1.165) is 19.4 Å². The molecule has 20 heavy (non-hydrogen) atoms. The summed E-state index contributed by atoms with van der Waals surface area (Å²) in [6.45, 7) is 3.01. The van der Waals surface area contributed by atoms with Gasteiger partial charge in [0.25, 0.3) is 5.91 Å². The molecule has 1 aromatic rings. The van der Waals surface area contributed by atoms with Gasteiger partial charge in [0, 0.05) is 22.1 Å². The first-order chi connectivity index (χ1) is 9.52. The molecule has 1 aliphatic rings. The Kier molecular flexibility index (Phi) is 5.52. The molecule has 0 aromatic heterocycles. The number of carbonyl (C=O) groups excluding carboxylic acids is 1. The first-order valence-electron chi connectivity index (χ1n) is 6.64. The Balaban J connectivity index is 1.79. The Bertz CT molecular complexity index is 462. The Morgan fingerprint density at radius 1 is 1.40 bits per heavy atom. The van der Waals surface area contributed by atoms with Crippen LogP contribution in [0.15, 0.2) is 18.2 Å². The maximum Gasteiger partial charge on any atom is 0.258 e. The number of amides is 1. The van der Waals surface area contributed by atoms with Crippen LogP contribution in [0.25, 0.3) is 0 Å². The van der Waals surface area contributed by atoms with Crippen LogP contribution < -0.4 is 15.4 Å². The van der Waals surface area contributed by atoms with Crippen molar-refractivity contribution in [3.05, 3.63) is 28.2 Å². The van der Waals surface area contributed by atoms with Crippen LogP contribution in [-0.4, -0.2) is 31.1 Å². The molecule has 1 aromatic carbocycles. The average Bonchev–Trinajstić information content (AvgIpc) is 2.35. The van der Waals surface area contributed by atoms with Gasteiger partial charge in [-0.1, -0.05) is 23.2 Å². The third-order valence-corrected chi connectivity index (χ3v) is 3.63. The molecule has 6 heteroatoms. The van der Waals surface area contributed by atoms with E-state index in [1.807, 2.05) is 0 Å². The van der Waals surface area contributed by atoms with Crippen LogP contribution in [0.5, 0.6) is 5.75 Å². The average molecular weight is 317 g/mol. The minimum absolute atomic E-state index is 0.0328. The summed E-state index contributed by atoms with van der Waals surface area (Å²) >= 11 is 11.7. The fraction of sp³-hybridized carbons (Fsp3) is 0.500. The summed E-state index contributed by atoms with van der Waals surface area (Å²) in [5, 5.41) is 7.29. The number of ether oxygens (including phenoxy) is 1. The molecule has 110 valence electrons. The SMILES string of the molecule is CC1CC(NC(=O)COc2cc(Cl)cc(Cl)c2)CCN1. The molecule has 2 unspecified atom stereocenters. The van der Waals surface area contributed by atoms with Crippen LogP contribution in [0, 0.1) is 0 Å². The Hall–Kier alpha value is -0.970. The first kappa shape index (κ1) is 15.4. The van der Waals surface area contributed by atoms with Gasteiger partial charge in [-0.05, 0) is 44.5 Å². The molecule has 2 rings (SSSR count). The van der Waals surface area contributed by atoms with E-state index in [1.54, 1.807) is 18.2 Å². The van der Waals surface area contributed by atoms with Crippen molar-refractivity contribution in [2.24, 2.45) is 0 Å². The third-order valence-electron chi connectivity index (χ3n) is 3.19. The van der Waals surface area contributed by atoms with E-state index in [1.165, 1.54) is 0 Å². The van der Waals surface area contributed by atoms with Gasteiger partial charge in [0.2, 0.25) is 0 Å². The van der Waals surface area contributed by atoms with Crippen molar-refractivity contribution in [3.63, 3.8) is 0 Å². The highest BCUT2D eigenvalue weighted by Crippen LogP contribution is 2.24. The molecule has 0 saturated carbocycles. The maximum absolute atomic E-state index is 11.8. The molecule has 0 spiro atoms. The van der Waals surface area contributed by atoms with Gasteiger partial charge in [0.05, 0.1) is 0 Å². The lowest BCUT2D eigenvalue weighted by Crippen LogP contribution is -2.47. The zero-order valence-corrected chi connectivity index (χ0v) is 12.8. The van der Waals surface area contributed by atoms with Crippen LogP contribution in [0.3, 0.4) is 0 Å². The molecule has 1 fully saturated rings. The van der Waals surface area contributed by atoms with Gasteiger partial charge in [-0.2, -0.15) is 0 Å². The van der Waals surface area contributed by atoms with E-state index in [2.05, 4.69) is 17.6 Å². The molecular formula is C14H18Cl2N2O2. The van der Waals surface area contributed by atoms with Gasteiger partial charge < -0.3 is 15.4 Å². The van der Waals surface area contributed by atoms with Crippen LogP contribution in [-0.2, 0) is 4.79 Å². The standard InChI is InChI=1S/C14H18Cl2N2O2/c1-9-4-12(2-3-17-9)18-14(19)8-20-13-6-10(15)5-11(16)7-13/h5-7,9,12,17H,2-4,8H2,1H3,(H,18,19). The summed E-state index contributed by atoms with van der Waals surface area (Å²) in [4.78, 5) is 11.8. The number of carbonyl (C=O) groups is 1. The van der Waals surface area contributed by atoms with Crippen LogP contribution in [0.1, 0.15) is 19.8 Å². The first-order valence-corrected chi connectivity index (χ1v) is 7.40. The highest BCUT2D eigenvalue weighted by Gasteiger charge is 2.19. The third kappa shape index (κ3) is 4.85. The fourth-order valence-electron chi connectivity index (χ4n) is 2.29. The second-order valence-corrected chi connectivity index (χ2v) is 5.91. The molecule has 1 amide bonds. The van der Waals surface area contributed by atoms with Crippen molar-refractivity contribution in [2.75, 3.05) is 13.2 Å². The smallest absolute Gasteiger partial charge is 0.258 e. The van der Waals surface area contributed by atoms with E-state index in [9.17, 15) is 4.79 Å². The summed E-state index contributed by atoms with van der Waals surface area (Å²) in [6.07, 6.45) is 1.88. The van der Waals surface area contributed by atoms with E-state index in [0.29, 0.717) is 21.8 Å². The van der Waals surface area contributed by atoms with Crippen LogP contribution in [0.4, 0.5) is 0 Å². The molecule has 0 aliphatic carbocycles. The summed E-state index contributed by atoms with van der Waals surface area (Å²) < 4.78 is 5.40. The van der Waals surface area contributed by atoms with Crippen LogP contribution in [0.2, 0.25) is 10.0 Å². The minimum Gasteiger partial charge on any atom is -0.484 e. The lowest BCUT2D eigenvalue weighted by atomic mass is 10.0. The van der Waals surface area contributed by atoms with Gasteiger partial charge in [-0.3, -0.25) is 4.79 Å². The molecule has 0 radical (unpaired) electrons. The van der Waals surface area contributed by atoms with Crippen molar-refractivity contribution in [1.82, 2.24) is 10.6 Å². The second kappa shape index (κ2) is 7.16. The van der Waals surface area contributed by atoms with Gasteiger partial charge in [-0.25, -0.2) is 0 Å². The zero-order valence-electron chi connectivity index (χ0n) is 11.3. The molecule has 4 nitrogen and oxygen atoms in total. The van der Waals surface area contributed by atoms with E-state index < -0.39 is 0 Å². The van der Waals surface area contributed by atoms with Crippen molar-refractivity contribution in [1.29, 1.82) is 0 Å².